The van der Waals surface area contributed by atoms with E-state index in [1.807, 2.05) is 32.9 Å². The van der Waals surface area contributed by atoms with Crippen molar-refractivity contribution >= 4 is 6.16 Å². The van der Waals surface area contributed by atoms with Gasteiger partial charge >= 0.3 is 6.16 Å². The van der Waals surface area contributed by atoms with Gasteiger partial charge in [0.1, 0.15) is 17.3 Å². The molecule has 0 unspecified atom stereocenters. The summed E-state index contributed by atoms with van der Waals surface area (Å²) in [6.45, 7) is 5.79. The average molecular weight is 306 g/mol. The number of carbonyl (C=O) groups excluding carboxylic acids is 1. The smallest absolute Gasteiger partial charge is 0.497 e. The van der Waals surface area contributed by atoms with Crippen molar-refractivity contribution in [3.63, 3.8) is 0 Å². The van der Waals surface area contributed by atoms with Gasteiger partial charge in [-0.1, -0.05) is 13.8 Å². The number of cyclic esters (lactones) is 2. The van der Waals surface area contributed by atoms with Crippen molar-refractivity contribution in [2.75, 3.05) is 7.11 Å². The summed E-state index contributed by atoms with van der Waals surface area (Å²) in [5, 5.41) is 0. The standard InChI is InChI=1S/C17H22O5/c1-5-14(20-13-10-8-12(19-4)9-11-13)15-17(6-2,7-3)22-16(18)21-15/h5,8-11,15H,6-7H2,1-4H3/b14-5-/t15-/m1/s1. The molecule has 0 N–H and O–H groups in total. The molecule has 1 aromatic rings. The van der Waals surface area contributed by atoms with Gasteiger partial charge in [0.2, 0.25) is 6.10 Å². The number of hydrogen-bond donors (Lipinski definition) is 0. The van der Waals surface area contributed by atoms with Crippen molar-refractivity contribution in [1.82, 2.24) is 0 Å². The first-order valence-electron chi connectivity index (χ1n) is 7.46. The lowest BCUT2D eigenvalue weighted by Gasteiger charge is -2.29. The zero-order valence-electron chi connectivity index (χ0n) is 13.4. The molecule has 1 saturated heterocycles. The van der Waals surface area contributed by atoms with Crippen molar-refractivity contribution in [2.24, 2.45) is 0 Å². The second kappa shape index (κ2) is 6.73. The molecule has 0 bridgehead atoms. The molecule has 5 heteroatoms. The van der Waals surface area contributed by atoms with Gasteiger partial charge in [0.05, 0.1) is 7.11 Å². The van der Waals surface area contributed by atoms with Gasteiger partial charge in [-0.3, -0.25) is 0 Å². The second-order valence-electron chi connectivity index (χ2n) is 5.09. The van der Waals surface area contributed by atoms with Crippen LogP contribution in [0, 0.1) is 0 Å². The Hall–Kier alpha value is -2.17. The molecule has 1 aliphatic rings. The third kappa shape index (κ3) is 3.03. The van der Waals surface area contributed by atoms with Gasteiger partial charge in [-0.25, -0.2) is 4.79 Å². The van der Waals surface area contributed by atoms with Crippen molar-refractivity contribution in [1.29, 1.82) is 0 Å². The number of allylic oxidation sites excluding steroid dienone is 1. The zero-order chi connectivity index (χ0) is 16.2. The van der Waals surface area contributed by atoms with Gasteiger partial charge in [-0.2, -0.15) is 0 Å². The van der Waals surface area contributed by atoms with Crippen LogP contribution in [0.4, 0.5) is 4.79 Å². The first-order valence-corrected chi connectivity index (χ1v) is 7.46. The maximum absolute atomic E-state index is 11.6. The van der Waals surface area contributed by atoms with Crippen LogP contribution in [-0.2, 0) is 9.47 Å². The molecule has 0 aromatic heterocycles. The van der Waals surface area contributed by atoms with Gasteiger partial charge in [-0.05, 0) is 50.1 Å². The number of hydrogen-bond acceptors (Lipinski definition) is 5. The van der Waals surface area contributed by atoms with E-state index in [1.54, 1.807) is 25.3 Å². The molecule has 5 nitrogen and oxygen atoms in total. The van der Waals surface area contributed by atoms with E-state index >= 15 is 0 Å². The van der Waals surface area contributed by atoms with Crippen LogP contribution in [0.5, 0.6) is 11.5 Å². The summed E-state index contributed by atoms with van der Waals surface area (Å²) in [6.07, 6.45) is 1.93. The Morgan fingerprint density at radius 1 is 1.23 bits per heavy atom. The van der Waals surface area contributed by atoms with Crippen LogP contribution in [0.2, 0.25) is 0 Å². The Morgan fingerprint density at radius 2 is 1.82 bits per heavy atom. The monoisotopic (exact) mass is 306 g/mol. The van der Waals surface area contributed by atoms with Crippen LogP contribution in [0.3, 0.4) is 0 Å². The van der Waals surface area contributed by atoms with Crippen LogP contribution in [0.25, 0.3) is 0 Å². The number of carbonyl (C=O) groups is 1. The molecule has 22 heavy (non-hydrogen) atoms. The van der Waals surface area contributed by atoms with Gasteiger partial charge in [-0.15, -0.1) is 0 Å². The minimum Gasteiger partial charge on any atom is -0.497 e. The molecule has 0 saturated carbocycles. The molecule has 0 spiro atoms. The second-order valence-corrected chi connectivity index (χ2v) is 5.09. The SMILES string of the molecule is C/C=C(\Oc1ccc(OC)cc1)[C@H]1OC(=O)OC1(CC)CC. The highest BCUT2D eigenvalue weighted by atomic mass is 16.8. The first kappa shape index (κ1) is 16.2. The van der Waals surface area contributed by atoms with E-state index in [2.05, 4.69) is 0 Å². The van der Waals surface area contributed by atoms with E-state index in [0.29, 0.717) is 24.4 Å². The molecular formula is C17H22O5. The molecule has 0 amide bonds. The van der Waals surface area contributed by atoms with Gasteiger partial charge in [0.25, 0.3) is 0 Å². The molecule has 0 radical (unpaired) electrons. The van der Waals surface area contributed by atoms with E-state index < -0.39 is 17.9 Å². The Bertz CT molecular complexity index is 543. The van der Waals surface area contributed by atoms with E-state index in [1.165, 1.54) is 0 Å². The summed E-state index contributed by atoms with van der Waals surface area (Å²) >= 11 is 0. The normalized spacial score (nSPS) is 20.3. The molecule has 1 atom stereocenters. The quantitative estimate of drug-likeness (QED) is 0.585. The Morgan fingerprint density at radius 3 is 2.32 bits per heavy atom. The number of benzene rings is 1. The minimum atomic E-state index is -0.675. The highest BCUT2D eigenvalue weighted by molar-refractivity contribution is 5.64. The van der Waals surface area contributed by atoms with Crippen molar-refractivity contribution in [3.05, 3.63) is 36.1 Å². The van der Waals surface area contributed by atoms with E-state index in [4.69, 9.17) is 18.9 Å². The lowest BCUT2D eigenvalue weighted by Crippen LogP contribution is -2.41. The van der Waals surface area contributed by atoms with Crippen LogP contribution < -0.4 is 9.47 Å². The molecule has 1 aliphatic heterocycles. The number of methoxy groups -OCH3 is 1. The van der Waals surface area contributed by atoms with Gasteiger partial charge in [0, 0.05) is 0 Å². The van der Waals surface area contributed by atoms with Gasteiger partial charge in [0.15, 0.2) is 5.60 Å². The van der Waals surface area contributed by atoms with E-state index in [9.17, 15) is 4.79 Å². The Labute approximate surface area is 130 Å². The lowest BCUT2D eigenvalue weighted by atomic mass is 9.89. The molecular weight excluding hydrogens is 284 g/mol. The van der Waals surface area contributed by atoms with Crippen molar-refractivity contribution < 1.29 is 23.7 Å². The number of rotatable bonds is 6. The van der Waals surface area contributed by atoms with Crippen molar-refractivity contribution in [3.8, 4) is 11.5 Å². The molecule has 1 heterocycles. The highest BCUT2D eigenvalue weighted by Gasteiger charge is 2.51. The van der Waals surface area contributed by atoms with E-state index in [0.717, 1.165) is 5.75 Å². The average Bonchev–Trinajstić information content (AvgIpc) is 2.90. The predicted octanol–water partition coefficient (Wildman–Crippen LogP) is 4.07. The Kier molecular flexibility index (Phi) is 4.96. The predicted molar refractivity (Wildman–Crippen MR) is 82.0 cm³/mol. The summed E-state index contributed by atoms with van der Waals surface area (Å²) in [7, 11) is 1.61. The number of ether oxygens (including phenoxy) is 4. The third-order valence-corrected chi connectivity index (χ3v) is 4.01. The summed E-state index contributed by atoms with van der Waals surface area (Å²) in [5.41, 5.74) is -0.675. The molecule has 0 aliphatic carbocycles. The molecule has 1 fully saturated rings. The van der Waals surface area contributed by atoms with Gasteiger partial charge < -0.3 is 18.9 Å². The topological polar surface area (TPSA) is 54.0 Å². The molecule has 2 rings (SSSR count). The summed E-state index contributed by atoms with van der Waals surface area (Å²) in [5.74, 6) is 1.97. The minimum absolute atomic E-state index is 0.540. The fourth-order valence-electron chi connectivity index (χ4n) is 2.57. The largest absolute Gasteiger partial charge is 0.509 e. The van der Waals surface area contributed by atoms with E-state index in [-0.39, 0.29) is 0 Å². The Balaban J connectivity index is 2.21. The van der Waals surface area contributed by atoms with Crippen molar-refractivity contribution in [2.45, 2.75) is 45.3 Å². The van der Waals surface area contributed by atoms with Crippen LogP contribution >= 0.6 is 0 Å². The summed E-state index contributed by atoms with van der Waals surface area (Å²) < 4.78 is 21.8. The summed E-state index contributed by atoms with van der Waals surface area (Å²) in [4.78, 5) is 11.6. The zero-order valence-corrected chi connectivity index (χ0v) is 13.4. The molecule has 120 valence electrons. The maximum Gasteiger partial charge on any atom is 0.509 e. The maximum atomic E-state index is 11.6. The van der Waals surface area contributed by atoms with Crippen LogP contribution in [0.1, 0.15) is 33.6 Å². The molecule has 1 aromatic carbocycles. The first-order chi connectivity index (χ1) is 10.6. The fourth-order valence-corrected chi connectivity index (χ4v) is 2.57. The fraction of sp³-hybridized carbons (Fsp3) is 0.471. The third-order valence-electron chi connectivity index (χ3n) is 4.01. The lowest BCUT2D eigenvalue weighted by molar-refractivity contribution is 0.0221. The summed E-state index contributed by atoms with van der Waals surface area (Å²) in [6, 6.07) is 7.23. The van der Waals surface area contributed by atoms with Crippen LogP contribution in [0.15, 0.2) is 36.1 Å². The van der Waals surface area contributed by atoms with Crippen LogP contribution in [-0.4, -0.2) is 25.0 Å². The highest BCUT2D eigenvalue weighted by Crippen LogP contribution is 2.38.